The van der Waals surface area contributed by atoms with Crippen LogP contribution in [-0.2, 0) is 4.74 Å². The molecule has 0 spiro atoms. The second kappa shape index (κ2) is 8.56. The van der Waals surface area contributed by atoms with Crippen molar-refractivity contribution in [2.75, 3.05) is 20.3 Å². The molecule has 1 unspecified atom stereocenters. The number of aliphatic hydroxyl groups is 1. The summed E-state index contributed by atoms with van der Waals surface area (Å²) in [5.74, 6) is -1.98. The average Bonchev–Trinajstić information content (AvgIpc) is 3.19. The van der Waals surface area contributed by atoms with Crippen molar-refractivity contribution in [1.82, 2.24) is 15.0 Å². The highest BCUT2D eigenvalue weighted by molar-refractivity contribution is 5.85. The summed E-state index contributed by atoms with van der Waals surface area (Å²) in [7, 11) is 1.49. The van der Waals surface area contributed by atoms with Crippen molar-refractivity contribution < 1.29 is 23.4 Å². The van der Waals surface area contributed by atoms with Gasteiger partial charge in [0.15, 0.2) is 11.6 Å². The molecule has 3 heterocycles. The van der Waals surface area contributed by atoms with Gasteiger partial charge in [-0.3, -0.25) is 4.98 Å². The quantitative estimate of drug-likeness (QED) is 0.449. The molecule has 0 saturated carbocycles. The third-order valence-electron chi connectivity index (χ3n) is 4.76. The van der Waals surface area contributed by atoms with Gasteiger partial charge in [0.2, 0.25) is 0 Å². The van der Waals surface area contributed by atoms with Crippen LogP contribution < -0.4 is 4.74 Å². The first-order chi connectivity index (χ1) is 14.6. The van der Waals surface area contributed by atoms with Crippen molar-refractivity contribution in [2.24, 2.45) is 0 Å². The number of aliphatic hydroxyl groups excluding tert-OH is 1. The van der Waals surface area contributed by atoms with Gasteiger partial charge in [0.25, 0.3) is 0 Å². The van der Waals surface area contributed by atoms with E-state index in [1.54, 1.807) is 30.7 Å². The number of H-pyrrole nitrogens is 1. The van der Waals surface area contributed by atoms with Crippen molar-refractivity contribution in [3.8, 4) is 16.9 Å². The number of hydrogen-bond donors (Lipinski definition) is 2. The molecule has 0 radical (unpaired) electrons. The van der Waals surface area contributed by atoms with Crippen molar-refractivity contribution >= 4 is 11.0 Å². The van der Waals surface area contributed by atoms with Gasteiger partial charge in [0, 0.05) is 54.0 Å². The summed E-state index contributed by atoms with van der Waals surface area (Å²) < 4.78 is 39.6. The molecule has 2 N–H and O–H groups in total. The predicted octanol–water partition coefficient (Wildman–Crippen LogP) is 4.01. The molecule has 154 valence electrons. The monoisotopic (exact) mass is 411 g/mol. The fraction of sp³-hybridized carbons (Fsp3) is 0.182. The van der Waals surface area contributed by atoms with E-state index < -0.39 is 23.3 Å². The zero-order chi connectivity index (χ0) is 21.1. The Morgan fingerprint density at radius 3 is 2.77 bits per heavy atom. The lowest BCUT2D eigenvalue weighted by atomic mass is 9.99. The Morgan fingerprint density at radius 1 is 1.13 bits per heavy atom. The van der Waals surface area contributed by atoms with Gasteiger partial charge in [-0.25, -0.2) is 13.8 Å². The standard InChI is InChI=1S/C22H19F2N3O3/c1-29-7-8-30-18-5-4-17(23)19(20(18)24)21(28)16-12-27-22-15(16)9-14(11-26-22)13-3-2-6-25-10-13/h2-6,9-12,21,28H,7-8H2,1H3,(H,26,27). The number of methoxy groups -OCH3 is 1. The van der Waals surface area contributed by atoms with E-state index in [0.29, 0.717) is 16.6 Å². The van der Waals surface area contributed by atoms with Crippen molar-refractivity contribution in [1.29, 1.82) is 0 Å². The number of nitrogens with zero attached hydrogens (tertiary/aromatic N) is 2. The third kappa shape index (κ3) is 3.74. The number of aromatic nitrogens is 3. The van der Waals surface area contributed by atoms with Gasteiger partial charge in [-0.15, -0.1) is 0 Å². The van der Waals surface area contributed by atoms with Gasteiger partial charge in [0.05, 0.1) is 12.2 Å². The van der Waals surface area contributed by atoms with E-state index in [1.165, 1.54) is 19.4 Å². The van der Waals surface area contributed by atoms with E-state index in [0.717, 1.165) is 17.2 Å². The first-order valence-electron chi connectivity index (χ1n) is 9.25. The summed E-state index contributed by atoms with van der Waals surface area (Å²) in [6.45, 7) is 0.347. The van der Waals surface area contributed by atoms with E-state index in [2.05, 4.69) is 15.0 Å². The minimum Gasteiger partial charge on any atom is -0.488 e. The summed E-state index contributed by atoms with van der Waals surface area (Å²) in [6, 6.07) is 7.72. The Hall–Kier alpha value is -3.36. The van der Waals surface area contributed by atoms with E-state index in [-0.39, 0.29) is 19.0 Å². The largest absolute Gasteiger partial charge is 0.488 e. The highest BCUT2D eigenvalue weighted by Crippen LogP contribution is 2.35. The van der Waals surface area contributed by atoms with Gasteiger partial charge in [0.1, 0.15) is 24.2 Å². The zero-order valence-corrected chi connectivity index (χ0v) is 16.1. The Kier molecular flexibility index (Phi) is 5.69. The van der Waals surface area contributed by atoms with E-state index >= 15 is 0 Å². The highest BCUT2D eigenvalue weighted by atomic mass is 19.1. The second-order valence-electron chi connectivity index (χ2n) is 6.62. The number of nitrogens with one attached hydrogen (secondary N) is 1. The van der Waals surface area contributed by atoms with Crippen LogP contribution in [-0.4, -0.2) is 40.4 Å². The van der Waals surface area contributed by atoms with Crippen LogP contribution in [0, 0.1) is 11.6 Å². The van der Waals surface area contributed by atoms with Crippen molar-refractivity contribution in [3.05, 3.63) is 77.9 Å². The van der Waals surface area contributed by atoms with Crippen molar-refractivity contribution in [2.45, 2.75) is 6.10 Å². The number of halogens is 2. The molecule has 3 aromatic heterocycles. The predicted molar refractivity (Wildman–Crippen MR) is 107 cm³/mol. The number of ether oxygens (including phenoxy) is 2. The molecule has 4 rings (SSSR count). The lowest BCUT2D eigenvalue weighted by Gasteiger charge is -2.15. The number of rotatable bonds is 7. The average molecular weight is 411 g/mol. The maximum Gasteiger partial charge on any atom is 0.174 e. The maximum atomic E-state index is 14.9. The molecular formula is C22H19F2N3O3. The minimum absolute atomic E-state index is 0.0973. The van der Waals surface area contributed by atoms with Gasteiger partial charge in [-0.1, -0.05) is 6.07 Å². The number of aromatic amines is 1. The SMILES string of the molecule is COCCOc1ccc(F)c(C(O)c2c[nH]c3ncc(-c4cccnc4)cc23)c1F. The summed E-state index contributed by atoms with van der Waals surface area (Å²) in [6.07, 6.45) is 4.94. The molecule has 0 aliphatic rings. The molecule has 1 atom stereocenters. The van der Waals surface area contributed by atoms with E-state index in [4.69, 9.17) is 9.47 Å². The maximum absolute atomic E-state index is 14.9. The summed E-state index contributed by atoms with van der Waals surface area (Å²) in [5, 5.41) is 11.4. The van der Waals surface area contributed by atoms with Crippen LogP contribution in [0.5, 0.6) is 5.75 Å². The highest BCUT2D eigenvalue weighted by Gasteiger charge is 2.25. The first kappa shape index (κ1) is 19.9. The van der Waals surface area contributed by atoms with Crippen LogP contribution in [0.4, 0.5) is 8.78 Å². The van der Waals surface area contributed by atoms with Gasteiger partial charge >= 0.3 is 0 Å². The fourth-order valence-corrected chi connectivity index (χ4v) is 3.24. The lowest BCUT2D eigenvalue weighted by molar-refractivity contribution is 0.142. The van der Waals surface area contributed by atoms with Crippen LogP contribution in [0.2, 0.25) is 0 Å². The first-order valence-corrected chi connectivity index (χ1v) is 9.25. The normalized spacial score (nSPS) is 12.3. The van der Waals surface area contributed by atoms with E-state index in [1.807, 2.05) is 6.07 Å². The Morgan fingerprint density at radius 2 is 2.00 bits per heavy atom. The molecule has 4 aromatic rings. The molecule has 30 heavy (non-hydrogen) atoms. The number of fused-ring (bicyclic) bond motifs is 1. The summed E-state index contributed by atoms with van der Waals surface area (Å²) in [4.78, 5) is 11.4. The molecule has 0 saturated heterocycles. The Bertz CT molecular complexity index is 1170. The number of pyridine rings is 2. The molecule has 0 amide bonds. The second-order valence-corrected chi connectivity index (χ2v) is 6.62. The molecule has 8 heteroatoms. The fourth-order valence-electron chi connectivity index (χ4n) is 3.24. The topological polar surface area (TPSA) is 80.3 Å². The van der Waals surface area contributed by atoms with Gasteiger partial charge in [-0.2, -0.15) is 0 Å². The van der Waals surface area contributed by atoms with Crippen LogP contribution in [0.25, 0.3) is 22.2 Å². The number of hydrogen-bond acceptors (Lipinski definition) is 5. The smallest absolute Gasteiger partial charge is 0.174 e. The van der Waals surface area contributed by atoms with Crippen LogP contribution in [0.1, 0.15) is 17.2 Å². The van der Waals surface area contributed by atoms with Crippen LogP contribution in [0.3, 0.4) is 0 Å². The van der Waals surface area contributed by atoms with Crippen LogP contribution in [0.15, 0.2) is 55.1 Å². The van der Waals surface area contributed by atoms with Gasteiger partial charge in [-0.05, 0) is 24.3 Å². The Balaban J connectivity index is 1.75. The van der Waals surface area contributed by atoms with Crippen LogP contribution >= 0.6 is 0 Å². The molecule has 6 nitrogen and oxygen atoms in total. The molecule has 0 aliphatic carbocycles. The summed E-state index contributed by atoms with van der Waals surface area (Å²) in [5.41, 5.74) is 1.90. The molecular weight excluding hydrogens is 392 g/mol. The summed E-state index contributed by atoms with van der Waals surface area (Å²) >= 11 is 0. The van der Waals surface area contributed by atoms with E-state index in [9.17, 15) is 13.9 Å². The lowest BCUT2D eigenvalue weighted by Crippen LogP contribution is -2.10. The molecule has 0 bridgehead atoms. The molecule has 1 aromatic carbocycles. The zero-order valence-electron chi connectivity index (χ0n) is 16.1. The Labute approximate surface area is 171 Å². The van der Waals surface area contributed by atoms with Gasteiger partial charge < -0.3 is 19.6 Å². The molecule has 0 aliphatic heterocycles. The third-order valence-corrected chi connectivity index (χ3v) is 4.76. The minimum atomic E-state index is -1.56. The molecule has 0 fully saturated rings. The van der Waals surface area contributed by atoms with Crippen molar-refractivity contribution in [3.63, 3.8) is 0 Å². The number of benzene rings is 1.